The smallest absolute Gasteiger partial charge is 0.0375 e. The molecular formula is C12H17N. The summed E-state index contributed by atoms with van der Waals surface area (Å²) in [6.07, 6.45) is 8.95. The number of nitrogens with zero attached hydrogens (tertiary/aromatic N) is 1. The van der Waals surface area contributed by atoms with E-state index in [2.05, 4.69) is 24.0 Å². The molecule has 1 aromatic heterocycles. The largest absolute Gasteiger partial charge is 0.262 e. The van der Waals surface area contributed by atoms with Crippen LogP contribution < -0.4 is 0 Å². The van der Waals surface area contributed by atoms with Crippen molar-refractivity contribution in [1.82, 2.24) is 4.98 Å². The number of rotatable bonds is 1. The first kappa shape index (κ1) is 8.74. The van der Waals surface area contributed by atoms with Gasteiger partial charge in [0.2, 0.25) is 0 Å². The predicted octanol–water partition coefficient (Wildman–Crippen LogP) is 3.44. The fraction of sp³-hybridized carbons (Fsp3) is 0.583. The van der Waals surface area contributed by atoms with E-state index in [0.29, 0.717) is 0 Å². The van der Waals surface area contributed by atoms with E-state index in [0.717, 1.165) is 11.6 Å². The minimum atomic E-state index is 0.815. The summed E-state index contributed by atoms with van der Waals surface area (Å²) < 4.78 is 0. The van der Waals surface area contributed by atoms with Crippen molar-refractivity contribution in [2.75, 3.05) is 0 Å². The second-order valence-electron chi connectivity index (χ2n) is 4.07. The van der Waals surface area contributed by atoms with Crippen LogP contribution in [0, 0.1) is 6.92 Å². The summed E-state index contributed by atoms with van der Waals surface area (Å²) in [6.45, 7) is 2.08. The molecule has 0 amide bonds. The topological polar surface area (TPSA) is 12.9 Å². The molecule has 0 atom stereocenters. The zero-order valence-corrected chi connectivity index (χ0v) is 8.29. The molecule has 0 N–H and O–H groups in total. The SMILES string of the molecule is Cc1cc(C2CCCCC2)ccn1. The van der Waals surface area contributed by atoms with Crippen LogP contribution in [-0.2, 0) is 0 Å². The van der Waals surface area contributed by atoms with Crippen LogP contribution in [0.3, 0.4) is 0 Å². The quantitative estimate of drug-likeness (QED) is 0.637. The van der Waals surface area contributed by atoms with Crippen LogP contribution in [0.15, 0.2) is 18.3 Å². The number of aromatic nitrogens is 1. The molecule has 2 rings (SSSR count). The third kappa shape index (κ3) is 2.09. The van der Waals surface area contributed by atoms with Gasteiger partial charge in [0.05, 0.1) is 0 Å². The first-order valence-corrected chi connectivity index (χ1v) is 5.29. The summed E-state index contributed by atoms with van der Waals surface area (Å²) >= 11 is 0. The third-order valence-corrected chi connectivity index (χ3v) is 3.00. The first-order valence-electron chi connectivity index (χ1n) is 5.29. The van der Waals surface area contributed by atoms with Crippen molar-refractivity contribution in [2.45, 2.75) is 44.9 Å². The molecule has 1 aliphatic rings. The Bertz CT molecular complexity index is 274. The Morgan fingerprint density at radius 1 is 1.23 bits per heavy atom. The number of hydrogen-bond acceptors (Lipinski definition) is 1. The van der Waals surface area contributed by atoms with Crippen molar-refractivity contribution in [3.63, 3.8) is 0 Å². The highest BCUT2D eigenvalue weighted by atomic mass is 14.6. The summed E-state index contributed by atoms with van der Waals surface area (Å²) in [7, 11) is 0. The molecule has 0 bridgehead atoms. The van der Waals surface area contributed by atoms with Gasteiger partial charge in [-0.3, -0.25) is 4.98 Å². The van der Waals surface area contributed by atoms with Gasteiger partial charge in [0.25, 0.3) is 0 Å². The molecule has 0 unspecified atom stereocenters. The lowest BCUT2D eigenvalue weighted by atomic mass is 9.84. The van der Waals surface area contributed by atoms with Crippen LogP contribution in [-0.4, -0.2) is 4.98 Å². The molecule has 1 nitrogen and oxygen atoms in total. The molecule has 13 heavy (non-hydrogen) atoms. The summed E-state index contributed by atoms with van der Waals surface area (Å²) in [6, 6.07) is 4.43. The first-order chi connectivity index (χ1) is 6.36. The van der Waals surface area contributed by atoms with Gasteiger partial charge in [-0.05, 0) is 43.4 Å². The normalized spacial score (nSPS) is 18.8. The highest BCUT2D eigenvalue weighted by Gasteiger charge is 2.14. The fourth-order valence-corrected chi connectivity index (χ4v) is 2.26. The Kier molecular flexibility index (Phi) is 2.62. The van der Waals surface area contributed by atoms with E-state index >= 15 is 0 Å². The van der Waals surface area contributed by atoms with Crippen LogP contribution in [0.4, 0.5) is 0 Å². The Hall–Kier alpha value is -0.850. The average Bonchev–Trinajstić information content (AvgIpc) is 2.19. The van der Waals surface area contributed by atoms with Crippen LogP contribution >= 0.6 is 0 Å². The van der Waals surface area contributed by atoms with E-state index in [-0.39, 0.29) is 0 Å². The molecule has 1 heteroatoms. The van der Waals surface area contributed by atoms with Gasteiger partial charge < -0.3 is 0 Å². The molecule has 0 spiro atoms. The molecule has 1 heterocycles. The molecule has 0 aromatic carbocycles. The summed E-state index contributed by atoms with van der Waals surface area (Å²) in [4.78, 5) is 4.23. The lowest BCUT2D eigenvalue weighted by molar-refractivity contribution is 0.443. The van der Waals surface area contributed by atoms with Crippen LogP contribution in [0.1, 0.15) is 49.3 Å². The Labute approximate surface area is 80.2 Å². The van der Waals surface area contributed by atoms with E-state index in [1.165, 1.54) is 37.7 Å². The van der Waals surface area contributed by atoms with Crippen LogP contribution in [0.2, 0.25) is 0 Å². The van der Waals surface area contributed by atoms with Crippen LogP contribution in [0.25, 0.3) is 0 Å². The van der Waals surface area contributed by atoms with Crippen molar-refractivity contribution in [3.05, 3.63) is 29.6 Å². The molecular weight excluding hydrogens is 158 g/mol. The zero-order chi connectivity index (χ0) is 9.10. The van der Waals surface area contributed by atoms with Crippen LogP contribution in [0.5, 0.6) is 0 Å². The summed E-state index contributed by atoms with van der Waals surface area (Å²) in [5.41, 5.74) is 2.66. The molecule has 0 aliphatic heterocycles. The average molecular weight is 175 g/mol. The van der Waals surface area contributed by atoms with Gasteiger partial charge >= 0.3 is 0 Å². The standard InChI is InChI=1S/C12H17N/c1-10-9-12(7-8-13-10)11-5-3-2-4-6-11/h7-9,11H,2-6H2,1H3. The molecule has 1 aliphatic carbocycles. The van der Waals surface area contributed by atoms with Crippen molar-refractivity contribution in [1.29, 1.82) is 0 Å². The molecule has 1 fully saturated rings. The van der Waals surface area contributed by atoms with Gasteiger partial charge in [0, 0.05) is 11.9 Å². The van der Waals surface area contributed by atoms with E-state index < -0.39 is 0 Å². The molecule has 1 aromatic rings. The zero-order valence-electron chi connectivity index (χ0n) is 8.29. The summed E-state index contributed by atoms with van der Waals surface area (Å²) in [5, 5.41) is 0. The number of hydrogen-bond donors (Lipinski definition) is 0. The van der Waals surface area contributed by atoms with Gasteiger partial charge in [-0.2, -0.15) is 0 Å². The fourth-order valence-electron chi connectivity index (χ4n) is 2.26. The number of aryl methyl sites for hydroxylation is 1. The Balaban J connectivity index is 2.14. The highest BCUT2D eigenvalue weighted by molar-refractivity contribution is 5.20. The second kappa shape index (κ2) is 3.91. The molecule has 0 saturated heterocycles. The van der Waals surface area contributed by atoms with E-state index in [9.17, 15) is 0 Å². The number of pyridine rings is 1. The lowest BCUT2D eigenvalue weighted by Gasteiger charge is -2.21. The second-order valence-corrected chi connectivity index (χ2v) is 4.07. The maximum atomic E-state index is 4.23. The minimum absolute atomic E-state index is 0.815. The maximum absolute atomic E-state index is 4.23. The van der Waals surface area contributed by atoms with E-state index in [4.69, 9.17) is 0 Å². The van der Waals surface area contributed by atoms with Gasteiger partial charge in [0.1, 0.15) is 0 Å². The van der Waals surface area contributed by atoms with Crippen molar-refractivity contribution >= 4 is 0 Å². The van der Waals surface area contributed by atoms with Crippen molar-refractivity contribution < 1.29 is 0 Å². The summed E-state index contributed by atoms with van der Waals surface area (Å²) in [5.74, 6) is 0.815. The molecule has 70 valence electrons. The molecule has 1 saturated carbocycles. The Morgan fingerprint density at radius 2 is 2.00 bits per heavy atom. The monoisotopic (exact) mass is 175 g/mol. The predicted molar refractivity (Wildman–Crippen MR) is 54.8 cm³/mol. The van der Waals surface area contributed by atoms with Gasteiger partial charge in [-0.25, -0.2) is 0 Å². The maximum Gasteiger partial charge on any atom is 0.0375 e. The lowest BCUT2D eigenvalue weighted by Crippen LogP contribution is -2.04. The van der Waals surface area contributed by atoms with Gasteiger partial charge in [-0.15, -0.1) is 0 Å². The highest BCUT2D eigenvalue weighted by Crippen LogP contribution is 2.32. The minimum Gasteiger partial charge on any atom is -0.262 e. The van der Waals surface area contributed by atoms with E-state index in [1.54, 1.807) is 0 Å². The Morgan fingerprint density at radius 3 is 2.69 bits per heavy atom. The van der Waals surface area contributed by atoms with Crippen molar-refractivity contribution in [3.8, 4) is 0 Å². The molecule has 0 radical (unpaired) electrons. The van der Waals surface area contributed by atoms with E-state index in [1.807, 2.05) is 6.20 Å². The van der Waals surface area contributed by atoms with Crippen molar-refractivity contribution in [2.24, 2.45) is 0 Å². The van der Waals surface area contributed by atoms with Gasteiger partial charge in [-0.1, -0.05) is 19.3 Å². The van der Waals surface area contributed by atoms with Gasteiger partial charge in [0.15, 0.2) is 0 Å². The third-order valence-electron chi connectivity index (χ3n) is 3.00.